The molecule has 0 unspecified atom stereocenters. The van der Waals surface area contributed by atoms with Gasteiger partial charge in [0, 0.05) is 38.5 Å². The number of pyridine rings is 1. The summed E-state index contributed by atoms with van der Waals surface area (Å²) in [5.74, 6) is 0. The molecule has 0 bridgehead atoms. The van der Waals surface area contributed by atoms with Crippen LogP contribution in [0, 0.1) is 0 Å². The van der Waals surface area contributed by atoms with E-state index in [0.29, 0.717) is 0 Å². The molecule has 0 fully saturated rings. The van der Waals surface area contributed by atoms with Gasteiger partial charge in [0.25, 0.3) is 0 Å². The Bertz CT molecular complexity index is 3120. The van der Waals surface area contributed by atoms with Crippen LogP contribution in [0.4, 0.5) is 17.1 Å². The van der Waals surface area contributed by atoms with Crippen molar-refractivity contribution in [3.63, 3.8) is 0 Å². The number of nitrogens with zero attached hydrogens (tertiary/aromatic N) is 3. The van der Waals surface area contributed by atoms with E-state index < -0.39 is 0 Å². The zero-order valence-corrected chi connectivity index (χ0v) is 31.0. The zero-order chi connectivity index (χ0) is 37.7. The standard InChI is InChI=1S/C53H35N3O/c1-3-12-36(13-4-1)38-22-27-41(28-23-38)55(42-29-24-39(25-30-42)37-14-5-2-6-15-37)43-31-32-48(54-35-43)40-26-33-50-47(34-40)44-16-7-9-19-49(44)56(50)51-20-11-18-46-45-17-8-10-21-52(45)57-53(46)51/h1-35H. The van der Waals surface area contributed by atoms with Crippen LogP contribution in [0.25, 0.3) is 82.9 Å². The van der Waals surface area contributed by atoms with E-state index >= 15 is 0 Å². The van der Waals surface area contributed by atoms with Gasteiger partial charge in [0.1, 0.15) is 5.58 Å². The third-order valence-electron chi connectivity index (χ3n) is 11.1. The van der Waals surface area contributed by atoms with Gasteiger partial charge in [-0.25, -0.2) is 0 Å². The third kappa shape index (κ3) is 5.66. The van der Waals surface area contributed by atoms with E-state index in [9.17, 15) is 0 Å². The molecule has 0 aliphatic carbocycles. The Hall–Kier alpha value is -7.69. The fraction of sp³-hybridized carbons (Fsp3) is 0. The molecule has 8 aromatic carbocycles. The van der Waals surface area contributed by atoms with E-state index in [1.54, 1.807) is 0 Å². The normalized spacial score (nSPS) is 11.5. The van der Waals surface area contributed by atoms with Crippen LogP contribution >= 0.6 is 0 Å². The molecule has 3 aromatic heterocycles. The number of hydrogen-bond donors (Lipinski definition) is 0. The highest BCUT2D eigenvalue weighted by Crippen LogP contribution is 2.40. The topological polar surface area (TPSA) is 34.2 Å². The van der Waals surface area contributed by atoms with E-state index in [4.69, 9.17) is 9.40 Å². The molecule has 0 radical (unpaired) electrons. The van der Waals surface area contributed by atoms with Crippen molar-refractivity contribution in [1.29, 1.82) is 0 Å². The van der Waals surface area contributed by atoms with E-state index in [0.717, 1.165) is 67.0 Å². The van der Waals surface area contributed by atoms with Crippen LogP contribution in [0.2, 0.25) is 0 Å². The summed E-state index contributed by atoms with van der Waals surface area (Å²) in [6, 6.07) is 72.8. The fourth-order valence-corrected chi connectivity index (χ4v) is 8.30. The van der Waals surface area contributed by atoms with Crippen molar-refractivity contribution in [3.05, 3.63) is 212 Å². The first-order valence-corrected chi connectivity index (χ1v) is 19.3. The van der Waals surface area contributed by atoms with Crippen molar-refractivity contribution in [3.8, 4) is 39.2 Å². The van der Waals surface area contributed by atoms with Gasteiger partial charge in [0.15, 0.2) is 5.58 Å². The molecule has 11 aromatic rings. The first-order chi connectivity index (χ1) is 28.3. The Morgan fingerprint density at radius 1 is 0.386 bits per heavy atom. The number of aromatic nitrogens is 2. The van der Waals surface area contributed by atoms with E-state index in [1.165, 1.54) is 33.0 Å². The van der Waals surface area contributed by atoms with Gasteiger partial charge < -0.3 is 13.9 Å². The van der Waals surface area contributed by atoms with E-state index in [2.05, 4.69) is 204 Å². The predicted octanol–water partition coefficient (Wildman–Crippen LogP) is 14.5. The minimum Gasteiger partial charge on any atom is -0.454 e. The van der Waals surface area contributed by atoms with Gasteiger partial charge >= 0.3 is 0 Å². The minimum atomic E-state index is 0.886. The van der Waals surface area contributed by atoms with Gasteiger partial charge in [-0.2, -0.15) is 0 Å². The maximum atomic E-state index is 6.51. The molecule has 57 heavy (non-hydrogen) atoms. The molecule has 0 saturated heterocycles. The van der Waals surface area contributed by atoms with Gasteiger partial charge in [-0.05, 0) is 89.0 Å². The van der Waals surface area contributed by atoms with Crippen molar-refractivity contribution in [2.45, 2.75) is 0 Å². The summed E-state index contributed by atoms with van der Waals surface area (Å²) in [6.45, 7) is 0. The monoisotopic (exact) mass is 729 g/mol. The van der Waals surface area contributed by atoms with Gasteiger partial charge in [0.2, 0.25) is 0 Å². The maximum Gasteiger partial charge on any atom is 0.159 e. The Morgan fingerprint density at radius 2 is 0.930 bits per heavy atom. The van der Waals surface area contributed by atoms with Crippen molar-refractivity contribution < 1.29 is 4.42 Å². The number of anilines is 3. The molecule has 0 saturated carbocycles. The first kappa shape index (κ1) is 32.7. The summed E-state index contributed by atoms with van der Waals surface area (Å²) in [5.41, 5.74) is 14.9. The lowest BCUT2D eigenvalue weighted by Crippen LogP contribution is -2.10. The molecular weight excluding hydrogens is 695 g/mol. The molecule has 0 aliphatic rings. The summed E-state index contributed by atoms with van der Waals surface area (Å²) in [5, 5.41) is 4.59. The first-order valence-electron chi connectivity index (χ1n) is 19.3. The Morgan fingerprint density at radius 3 is 1.60 bits per heavy atom. The van der Waals surface area contributed by atoms with Crippen LogP contribution in [0.15, 0.2) is 217 Å². The number of rotatable bonds is 7. The lowest BCUT2D eigenvalue weighted by molar-refractivity contribution is 0.666. The predicted molar refractivity (Wildman–Crippen MR) is 237 cm³/mol. The summed E-state index contributed by atoms with van der Waals surface area (Å²) < 4.78 is 8.84. The SMILES string of the molecule is c1ccc(-c2ccc(N(c3ccc(-c4ccccc4)cc3)c3ccc(-c4ccc5c(c4)c4ccccc4n5-c4cccc5c4oc4ccccc45)nc3)cc2)cc1. The van der Waals surface area contributed by atoms with Crippen LogP contribution in [0.5, 0.6) is 0 Å². The summed E-state index contributed by atoms with van der Waals surface area (Å²) >= 11 is 0. The summed E-state index contributed by atoms with van der Waals surface area (Å²) in [6.07, 6.45) is 1.99. The lowest BCUT2D eigenvalue weighted by atomic mass is 10.0. The highest BCUT2D eigenvalue weighted by molar-refractivity contribution is 6.13. The third-order valence-corrected chi connectivity index (χ3v) is 11.1. The average molecular weight is 730 g/mol. The van der Waals surface area contributed by atoms with Crippen LogP contribution in [-0.2, 0) is 0 Å². The van der Waals surface area contributed by atoms with Gasteiger partial charge in [0.05, 0.1) is 34.3 Å². The number of fused-ring (bicyclic) bond motifs is 6. The highest BCUT2D eigenvalue weighted by atomic mass is 16.3. The number of para-hydroxylation sites is 3. The molecule has 4 nitrogen and oxygen atoms in total. The lowest BCUT2D eigenvalue weighted by Gasteiger charge is -2.26. The molecule has 0 amide bonds. The van der Waals surface area contributed by atoms with Crippen LogP contribution in [-0.4, -0.2) is 9.55 Å². The number of furan rings is 1. The average Bonchev–Trinajstić information content (AvgIpc) is 3.84. The molecule has 0 N–H and O–H groups in total. The largest absolute Gasteiger partial charge is 0.454 e. The van der Waals surface area contributed by atoms with Crippen molar-refractivity contribution in [2.24, 2.45) is 0 Å². The Kier molecular flexibility index (Phi) is 7.78. The van der Waals surface area contributed by atoms with Gasteiger partial charge in [-0.1, -0.05) is 140 Å². The second kappa shape index (κ2) is 13.6. The fourth-order valence-electron chi connectivity index (χ4n) is 8.30. The van der Waals surface area contributed by atoms with Crippen molar-refractivity contribution in [2.75, 3.05) is 4.90 Å². The zero-order valence-electron chi connectivity index (χ0n) is 31.0. The van der Waals surface area contributed by atoms with Crippen LogP contribution < -0.4 is 4.90 Å². The number of hydrogen-bond acceptors (Lipinski definition) is 3. The smallest absolute Gasteiger partial charge is 0.159 e. The quantitative estimate of drug-likeness (QED) is 0.164. The van der Waals surface area contributed by atoms with Crippen LogP contribution in [0.3, 0.4) is 0 Å². The molecule has 11 rings (SSSR count). The van der Waals surface area contributed by atoms with Crippen molar-refractivity contribution >= 4 is 60.8 Å². The molecule has 0 spiro atoms. The second-order valence-corrected chi connectivity index (χ2v) is 14.4. The maximum absolute atomic E-state index is 6.51. The molecule has 0 atom stereocenters. The summed E-state index contributed by atoms with van der Waals surface area (Å²) in [7, 11) is 0. The Labute approximate surface area is 330 Å². The van der Waals surface area contributed by atoms with Crippen LogP contribution in [0.1, 0.15) is 0 Å². The van der Waals surface area contributed by atoms with Gasteiger partial charge in [-0.3, -0.25) is 4.98 Å². The minimum absolute atomic E-state index is 0.886. The highest BCUT2D eigenvalue weighted by Gasteiger charge is 2.19. The van der Waals surface area contributed by atoms with E-state index in [-0.39, 0.29) is 0 Å². The molecular formula is C53H35N3O. The van der Waals surface area contributed by atoms with Crippen molar-refractivity contribution in [1.82, 2.24) is 9.55 Å². The molecule has 3 heterocycles. The second-order valence-electron chi connectivity index (χ2n) is 14.4. The van der Waals surface area contributed by atoms with Gasteiger partial charge in [-0.15, -0.1) is 0 Å². The summed E-state index contributed by atoms with van der Waals surface area (Å²) in [4.78, 5) is 7.38. The Balaban J connectivity index is 0.989. The molecule has 0 aliphatic heterocycles. The van der Waals surface area contributed by atoms with E-state index in [1.807, 2.05) is 18.3 Å². The molecule has 268 valence electrons. The number of benzene rings is 8. The molecule has 4 heteroatoms.